The van der Waals surface area contributed by atoms with E-state index in [0.717, 1.165) is 11.4 Å². The molecule has 0 spiro atoms. The monoisotopic (exact) mass is 710 g/mol. The van der Waals surface area contributed by atoms with E-state index < -0.39 is 0 Å². The molecule has 12 rings (SSSR count). The van der Waals surface area contributed by atoms with E-state index in [1.165, 1.54) is 98.9 Å². The SMILES string of the molecule is c1ccc(N2c3ccccc3-c3ccccc3-c3c2ccc2c3c3ccccc3n2-c2ccc(-c3ccc4c5ccccc5c5ccccc5c4c3)cc2)cc1. The highest BCUT2D eigenvalue weighted by Crippen LogP contribution is 2.54. The summed E-state index contributed by atoms with van der Waals surface area (Å²) in [7, 11) is 0. The summed E-state index contributed by atoms with van der Waals surface area (Å²) in [5, 5.41) is 10.3. The summed E-state index contributed by atoms with van der Waals surface area (Å²) < 4.78 is 2.45. The number of para-hydroxylation sites is 3. The molecule has 1 aromatic heterocycles. The molecule has 56 heavy (non-hydrogen) atoms. The minimum absolute atomic E-state index is 1.14. The van der Waals surface area contributed by atoms with Crippen molar-refractivity contribution in [3.05, 3.63) is 206 Å². The molecule has 0 saturated heterocycles. The minimum atomic E-state index is 1.14. The third-order valence-electron chi connectivity index (χ3n) is 11.9. The van der Waals surface area contributed by atoms with Crippen molar-refractivity contribution in [3.8, 4) is 39.1 Å². The second-order valence-corrected chi connectivity index (χ2v) is 14.8. The first kappa shape index (κ1) is 31.0. The second kappa shape index (κ2) is 12.0. The maximum absolute atomic E-state index is 2.45. The first-order valence-electron chi connectivity index (χ1n) is 19.4. The quantitative estimate of drug-likeness (QED) is 0.166. The van der Waals surface area contributed by atoms with Gasteiger partial charge in [-0.15, -0.1) is 0 Å². The molecule has 2 heteroatoms. The Morgan fingerprint density at radius 3 is 1.57 bits per heavy atom. The first-order chi connectivity index (χ1) is 27.8. The van der Waals surface area contributed by atoms with Crippen LogP contribution in [-0.4, -0.2) is 4.57 Å². The van der Waals surface area contributed by atoms with Gasteiger partial charge in [-0.2, -0.15) is 0 Å². The normalized spacial score (nSPS) is 12.2. The van der Waals surface area contributed by atoms with E-state index in [9.17, 15) is 0 Å². The van der Waals surface area contributed by atoms with Gasteiger partial charge in [-0.3, -0.25) is 0 Å². The Hall–Kier alpha value is -7.42. The molecule has 2 heterocycles. The molecule has 0 atom stereocenters. The van der Waals surface area contributed by atoms with Crippen LogP contribution in [-0.2, 0) is 0 Å². The molecule has 10 aromatic carbocycles. The van der Waals surface area contributed by atoms with Crippen molar-refractivity contribution in [2.45, 2.75) is 0 Å². The predicted molar refractivity (Wildman–Crippen MR) is 238 cm³/mol. The van der Waals surface area contributed by atoms with Crippen molar-refractivity contribution in [2.24, 2.45) is 0 Å². The van der Waals surface area contributed by atoms with Gasteiger partial charge in [0.2, 0.25) is 0 Å². The van der Waals surface area contributed by atoms with Gasteiger partial charge in [0.15, 0.2) is 0 Å². The van der Waals surface area contributed by atoms with Crippen molar-refractivity contribution in [3.63, 3.8) is 0 Å². The molecular weight excluding hydrogens is 677 g/mol. The molecular formula is C54H34N2. The van der Waals surface area contributed by atoms with Crippen LogP contribution in [0.5, 0.6) is 0 Å². The molecule has 0 bridgehead atoms. The molecule has 0 radical (unpaired) electrons. The average Bonchev–Trinajstić information content (AvgIpc) is 3.55. The zero-order valence-electron chi connectivity index (χ0n) is 30.5. The van der Waals surface area contributed by atoms with Crippen LogP contribution in [0.15, 0.2) is 206 Å². The molecule has 0 N–H and O–H groups in total. The third kappa shape index (κ3) is 4.44. The number of anilines is 3. The summed E-state index contributed by atoms with van der Waals surface area (Å²) in [6.07, 6.45) is 0. The molecule has 0 saturated carbocycles. The lowest BCUT2D eigenvalue weighted by Crippen LogP contribution is -2.10. The molecule has 11 aromatic rings. The lowest BCUT2D eigenvalue weighted by molar-refractivity contribution is 1.18. The number of fused-ring (bicyclic) bond motifs is 15. The van der Waals surface area contributed by atoms with E-state index >= 15 is 0 Å². The molecule has 1 aliphatic heterocycles. The highest BCUT2D eigenvalue weighted by molar-refractivity contribution is 6.26. The topological polar surface area (TPSA) is 8.17 Å². The lowest BCUT2D eigenvalue weighted by atomic mass is 9.92. The van der Waals surface area contributed by atoms with Gasteiger partial charge in [0, 0.05) is 33.3 Å². The molecule has 0 unspecified atom stereocenters. The molecule has 1 aliphatic rings. The second-order valence-electron chi connectivity index (χ2n) is 14.8. The lowest BCUT2D eigenvalue weighted by Gasteiger charge is -2.27. The van der Waals surface area contributed by atoms with Gasteiger partial charge in [-0.1, -0.05) is 152 Å². The van der Waals surface area contributed by atoms with Gasteiger partial charge in [-0.25, -0.2) is 0 Å². The highest BCUT2D eigenvalue weighted by Gasteiger charge is 2.29. The number of hydrogen-bond donors (Lipinski definition) is 0. The number of hydrogen-bond acceptors (Lipinski definition) is 1. The summed E-state index contributed by atoms with van der Waals surface area (Å²) in [5.74, 6) is 0. The van der Waals surface area contributed by atoms with E-state index in [2.05, 4.69) is 216 Å². The Bertz CT molecular complexity index is 3320. The molecule has 0 amide bonds. The maximum Gasteiger partial charge on any atom is 0.0548 e. The first-order valence-corrected chi connectivity index (χ1v) is 19.4. The standard InChI is InChI=1S/C54H34N2/c1-2-14-37(15-3-1)55-49-24-12-10-21-45(49)43-20-8-9-22-46(43)53-51(55)32-33-52-54(53)47-23-11-13-25-50(47)56(52)38-29-26-35(27-30-38)36-28-31-44-41-18-5-4-16-39(41)40-17-6-7-19-42(40)48(44)34-36/h1-34H. The van der Waals surface area contributed by atoms with Crippen molar-refractivity contribution >= 4 is 71.2 Å². The summed E-state index contributed by atoms with van der Waals surface area (Å²) in [6.45, 7) is 0. The average molecular weight is 711 g/mol. The van der Waals surface area contributed by atoms with Crippen molar-refractivity contribution in [2.75, 3.05) is 4.90 Å². The number of aromatic nitrogens is 1. The van der Waals surface area contributed by atoms with Crippen LogP contribution in [0.4, 0.5) is 17.1 Å². The Morgan fingerprint density at radius 1 is 0.286 bits per heavy atom. The molecule has 0 aliphatic carbocycles. The zero-order valence-corrected chi connectivity index (χ0v) is 30.5. The van der Waals surface area contributed by atoms with Crippen LogP contribution in [0.2, 0.25) is 0 Å². The van der Waals surface area contributed by atoms with E-state index in [1.807, 2.05) is 0 Å². The highest BCUT2D eigenvalue weighted by atomic mass is 15.2. The molecule has 260 valence electrons. The fourth-order valence-electron chi connectivity index (χ4n) is 9.49. The number of rotatable bonds is 3. The molecule has 2 nitrogen and oxygen atoms in total. The summed E-state index contributed by atoms with van der Waals surface area (Å²) >= 11 is 0. The van der Waals surface area contributed by atoms with Gasteiger partial charge in [0.25, 0.3) is 0 Å². The van der Waals surface area contributed by atoms with Gasteiger partial charge in [-0.05, 0) is 109 Å². The van der Waals surface area contributed by atoms with E-state index in [4.69, 9.17) is 0 Å². The Labute approximate surface area is 324 Å². The number of nitrogens with zero attached hydrogens (tertiary/aromatic N) is 2. The summed E-state index contributed by atoms with van der Waals surface area (Å²) in [6, 6.07) is 75.8. The van der Waals surface area contributed by atoms with Gasteiger partial charge >= 0.3 is 0 Å². The van der Waals surface area contributed by atoms with Crippen LogP contribution in [0.1, 0.15) is 0 Å². The van der Waals surface area contributed by atoms with E-state index in [-0.39, 0.29) is 0 Å². The smallest absolute Gasteiger partial charge is 0.0548 e. The Kier molecular flexibility index (Phi) is 6.66. The maximum atomic E-state index is 2.45. The summed E-state index contributed by atoms with van der Waals surface area (Å²) in [4.78, 5) is 2.45. The van der Waals surface area contributed by atoms with Crippen LogP contribution in [0.25, 0.3) is 93.2 Å². The van der Waals surface area contributed by atoms with E-state index in [1.54, 1.807) is 0 Å². The van der Waals surface area contributed by atoms with Crippen LogP contribution < -0.4 is 4.90 Å². The number of benzene rings is 10. The van der Waals surface area contributed by atoms with Gasteiger partial charge < -0.3 is 9.47 Å². The van der Waals surface area contributed by atoms with Crippen molar-refractivity contribution < 1.29 is 0 Å². The summed E-state index contributed by atoms with van der Waals surface area (Å²) in [5.41, 5.74) is 14.4. The largest absolute Gasteiger partial charge is 0.309 e. The minimum Gasteiger partial charge on any atom is -0.309 e. The van der Waals surface area contributed by atoms with Crippen LogP contribution in [0.3, 0.4) is 0 Å². The van der Waals surface area contributed by atoms with Crippen molar-refractivity contribution in [1.29, 1.82) is 0 Å². The molecule has 0 fully saturated rings. The van der Waals surface area contributed by atoms with Crippen molar-refractivity contribution in [1.82, 2.24) is 4.57 Å². The predicted octanol–water partition coefficient (Wildman–Crippen LogP) is 15.0. The van der Waals surface area contributed by atoms with Gasteiger partial charge in [0.1, 0.15) is 0 Å². The zero-order chi connectivity index (χ0) is 36.7. The van der Waals surface area contributed by atoms with Gasteiger partial charge in [0.05, 0.1) is 22.4 Å². The van der Waals surface area contributed by atoms with Crippen LogP contribution >= 0.6 is 0 Å². The van der Waals surface area contributed by atoms with Crippen LogP contribution in [0, 0.1) is 0 Å². The van der Waals surface area contributed by atoms with E-state index in [0.29, 0.717) is 0 Å². The third-order valence-corrected chi connectivity index (χ3v) is 11.9. The Balaban J connectivity index is 1.07. The fraction of sp³-hybridized carbons (Fsp3) is 0. The fourth-order valence-corrected chi connectivity index (χ4v) is 9.49. The Morgan fingerprint density at radius 2 is 0.839 bits per heavy atom.